The zero-order chi connectivity index (χ0) is 17.7. The first-order valence-corrected chi connectivity index (χ1v) is 8.52. The highest BCUT2D eigenvalue weighted by atomic mass is 14.7. The van der Waals surface area contributed by atoms with Gasteiger partial charge in [0.05, 0.1) is 0 Å². The van der Waals surface area contributed by atoms with Gasteiger partial charge in [-0.2, -0.15) is 0 Å². The van der Waals surface area contributed by atoms with E-state index in [0.717, 1.165) is 0 Å². The summed E-state index contributed by atoms with van der Waals surface area (Å²) >= 11 is 0. The van der Waals surface area contributed by atoms with Gasteiger partial charge in [-0.3, -0.25) is 4.98 Å². The van der Waals surface area contributed by atoms with Gasteiger partial charge in [0.25, 0.3) is 0 Å². The van der Waals surface area contributed by atoms with Crippen molar-refractivity contribution in [1.82, 2.24) is 4.98 Å². The van der Waals surface area contributed by atoms with Crippen molar-refractivity contribution in [3.63, 3.8) is 0 Å². The van der Waals surface area contributed by atoms with Crippen LogP contribution in [0.1, 0.15) is 105 Å². The number of pyridine rings is 1. The molecular formula is C21H37N. The van der Waals surface area contributed by atoms with Gasteiger partial charge in [0, 0.05) is 17.3 Å². The summed E-state index contributed by atoms with van der Waals surface area (Å²) in [5.74, 6) is 0. The van der Waals surface area contributed by atoms with Crippen LogP contribution in [0.3, 0.4) is 0 Å². The molecule has 1 aromatic heterocycles. The fourth-order valence-electron chi connectivity index (χ4n) is 3.16. The third-order valence-corrected chi connectivity index (χ3v) is 4.10. The van der Waals surface area contributed by atoms with Gasteiger partial charge in [-0.25, -0.2) is 0 Å². The standard InChI is InChI=1S/C21H37N/c1-18(2,3)14-13-22-17(21(10,11)12)16(20(7,8)9)15(14)19(4,5)6/h13H,1-12H3. The monoisotopic (exact) mass is 303 g/mol. The van der Waals surface area contributed by atoms with Gasteiger partial charge in [-0.15, -0.1) is 0 Å². The second-order valence-electron chi connectivity index (χ2n) is 10.8. The molecule has 126 valence electrons. The molecule has 1 rings (SSSR count). The Balaban J connectivity index is 4.02. The van der Waals surface area contributed by atoms with Crippen LogP contribution in [0.4, 0.5) is 0 Å². The van der Waals surface area contributed by atoms with Crippen molar-refractivity contribution in [2.45, 2.75) is 105 Å². The predicted molar refractivity (Wildman–Crippen MR) is 99.0 cm³/mol. The molecule has 0 unspecified atom stereocenters. The molecule has 1 aromatic rings. The Labute approximate surface area is 138 Å². The lowest BCUT2D eigenvalue weighted by Gasteiger charge is -2.39. The average Bonchev–Trinajstić information content (AvgIpc) is 2.22. The Morgan fingerprint density at radius 3 is 1.23 bits per heavy atom. The average molecular weight is 304 g/mol. The molecule has 0 atom stereocenters. The SMILES string of the molecule is CC(C)(C)c1cnc(C(C)(C)C)c(C(C)(C)C)c1C(C)(C)C. The second-order valence-corrected chi connectivity index (χ2v) is 10.8. The quantitative estimate of drug-likeness (QED) is 0.550. The minimum atomic E-state index is 0.0546. The summed E-state index contributed by atoms with van der Waals surface area (Å²) in [7, 11) is 0. The van der Waals surface area contributed by atoms with E-state index in [0.29, 0.717) is 0 Å². The third kappa shape index (κ3) is 3.91. The molecule has 1 heteroatoms. The largest absolute Gasteiger partial charge is 0.260 e. The number of hydrogen-bond donors (Lipinski definition) is 0. The Hall–Kier alpha value is -0.850. The molecule has 0 amide bonds. The first-order chi connectivity index (χ1) is 9.47. The molecule has 0 aromatic carbocycles. The first kappa shape index (κ1) is 19.2. The van der Waals surface area contributed by atoms with Gasteiger partial charge in [0.1, 0.15) is 0 Å². The van der Waals surface area contributed by atoms with Crippen molar-refractivity contribution < 1.29 is 0 Å². The summed E-state index contributed by atoms with van der Waals surface area (Å²) in [6.07, 6.45) is 2.14. The molecule has 0 bridgehead atoms. The molecule has 0 aliphatic rings. The van der Waals surface area contributed by atoms with Crippen LogP contribution in [0.2, 0.25) is 0 Å². The van der Waals surface area contributed by atoms with Crippen molar-refractivity contribution in [1.29, 1.82) is 0 Å². The molecule has 0 spiro atoms. The van der Waals surface area contributed by atoms with E-state index in [-0.39, 0.29) is 21.7 Å². The van der Waals surface area contributed by atoms with Crippen LogP contribution in [0.5, 0.6) is 0 Å². The zero-order valence-electron chi connectivity index (χ0n) is 17.0. The summed E-state index contributed by atoms with van der Waals surface area (Å²) in [5.41, 5.74) is 5.92. The van der Waals surface area contributed by atoms with Crippen LogP contribution in [0, 0.1) is 0 Å². The summed E-state index contributed by atoms with van der Waals surface area (Å²) in [6, 6.07) is 0. The molecule has 0 radical (unpaired) electrons. The molecule has 0 aliphatic heterocycles. The Morgan fingerprint density at radius 2 is 0.955 bits per heavy atom. The molecule has 0 saturated carbocycles. The molecule has 22 heavy (non-hydrogen) atoms. The molecule has 0 N–H and O–H groups in total. The highest BCUT2D eigenvalue weighted by molar-refractivity contribution is 5.49. The maximum Gasteiger partial charge on any atom is 0.0497 e. The van der Waals surface area contributed by atoms with Crippen molar-refractivity contribution in [3.05, 3.63) is 28.6 Å². The van der Waals surface area contributed by atoms with Gasteiger partial charge in [0.15, 0.2) is 0 Å². The first-order valence-electron chi connectivity index (χ1n) is 8.52. The molecule has 0 fully saturated rings. The number of rotatable bonds is 0. The van der Waals surface area contributed by atoms with E-state index in [9.17, 15) is 0 Å². The van der Waals surface area contributed by atoms with Gasteiger partial charge in [-0.1, -0.05) is 83.1 Å². The van der Waals surface area contributed by atoms with Crippen LogP contribution in [-0.4, -0.2) is 4.98 Å². The van der Waals surface area contributed by atoms with Crippen molar-refractivity contribution in [2.24, 2.45) is 0 Å². The van der Waals surface area contributed by atoms with Crippen LogP contribution in [-0.2, 0) is 21.7 Å². The third-order valence-electron chi connectivity index (χ3n) is 4.10. The summed E-state index contributed by atoms with van der Waals surface area (Å²) in [6.45, 7) is 27.7. The van der Waals surface area contributed by atoms with Gasteiger partial charge in [-0.05, 0) is 32.9 Å². The number of aromatic nitrogens is 1. The van der Waals surface area contributed by atoms with Gasteiger partial charge < -0.3 is 0 Å². The minimum absolute atomic E-state index is 0.0546. The van der Waals surface area contributed by atoms with Gasteiger partial charge in [0.2, 0.25) is 0 Å². The number of hydrogen-bond acceptors (Lipinski definition) is 1. The summed E-state index contributed by atoms with van der Waals surface area (Å²) in [4.78, 5) is 4.96. The molecule has 0 aliphatic carbocycles. The summed E-state index contributed by atoms with van der Waals surface area (Å²) in [5, 5.41) is 0. The highest BCUT2D eigenvalue weighted by Crippen LogP contribution is 2.43. The molecule has 1 heterocycles. The van der Waals surface area contributed by atoms with Crippen LogP contribution in [0.25, 0.3) is 0 Å². The van der Waals surface area contributed by atoms with Crippen molar-refractivity contribution >= 4 is 0 Å². The Bertz CT molecular complexity index is 486. The maximum absolute atomic E-state index is 4.96. The van der Waals surface area contributed by atoms with Crippen molar-refractivity contribution in [3.8, 4) is 0 Å². The normalized spacial score (nSPS) is 14.4. The van der Waals surface area contributed by atoms with E-state index in [1.54, 1.807) is 0 Å². The minimum Gasteiger partial charge on any atom is -0.260 e. The van der Waals surface area contributed by atoms with E-state index >= 15 is 0 Å². The van der Waals surface area contributed by atoms with Crippen LogP contribution in [0.15, 0.2) is 6.20 Å². The van der Waals surface area contributed by atoms with Crippen LogP contribution < -0.4 is 0 Å². The van der Waals surface area contributed by atoms with E-state index in [1.165, 1.54) is 22.4 Å². The van der Waals surface area contributed by atoms with E-state index < -0.39 is 0 Å². The maximum atomic E-state index is 4.96. The highest BCUT2D eigenvalue weighted by Gasteiger charge is 2.36. The lowest BCUT2D eigenvalue weighted by molar-refractivity contribution is 0.465. The Morgan fingerprint density at radius 1 is 0.545 bits per heavy atom. The fraction of sp³-hybridized carbons (Fsp3) is 0.762. The smallest absolute Gasteiger partial charge is 0.0497 e. The fourth-order valence-corrected chi connectivity index (χ4v) is 3.16. The lowest BCUT2D eigenvalue weighted by atomic mass is 9.66. The van der Waals surface area contributed by atoms with E-state index in [4.69, 9.17) is 4.98 Å². The molecule has 1 nitrogen and oxygen atoms in total. The Kier molecular flexibility index (Phi) is 4.67. The van der Waals surface area contributed by atoms with Crippen molar-refractivity contribution in [2.75, 3.05) is 0 Å². The summed E-state index contributed by atoms with van der Waals surface area (Å²) < 4.78 is 0. The topological polar surface area (TPSA) is 12.9 Å². The predicted octanol–water partition coefficient (Wildman–Crippen LogP) is 6.27. The zero-order valence-corrected chi connectivity index (χ0v) is 17.0. The second kappa shape index (κ2) is 5.35. The lowest BCUT2D eigenvalue weighted by Crippen LogP contribution is -2.33. The van der Waals surface area contributed by atoms with Gasteiger partial charge >= 0.3 is 0 Å². The number of nitrogens with zero attached hydrogens (tertiary/aromatic N) is 1. The van der Waals surface area contributed by atoms with E-state index in [2.05, 4.69) is 89.3 Å². The van der Waals surface area contributed by atoms with Crippen LogP contribution >= 0.6 is 0 Å². The molecular weight excluding hydrogens is 266 g/mol. The molecule has 0 saturated heterocycles. The van der Waals surface area contributed by atoms with E-state index in [1.807, 2.05) is 0 Å².